The van der Waals surface area contributed by atoms with Gasteiger partial charge in [0.15, 0.2) is 0 Å². The van der Waals surface area contributed by atoms with Gasteiger partial charge in [0, 0.05) is 5.54 Å². The Morgan fingerprint density at radius 3 is 2.06 bits per heavy atom. The molecule has 0 rings (SSSR count). The largest absolute Gasteiger partial charge is 0.326 e. The third kappa shape index (κ3) is 13.9. The maximum absolute atomic E-state index is 5.92. The van der Waals surface area contributed by atoms with Crippen LogP contribution in [0, 0.1) is 0 Å². The van der Waals surface area contributed by atoms with Crippen LogP contribution in [0.25, 0.3) is 0 Å². The Hall–Kier alpha value is -0.0800. The summed E-state index contributed by atoms with van der Waals surface area (Å²) in [6.45, 7) is 8.76. The van der Waals surface area contributed by atoms with Crippen molar-refractivity contribution in [2.75, 3.05) is 13.1 Å². The number of hydrogen-bond donors (Lipinski definition) is 2. The smallest absolute Gasteiger partial charge is 0.00975 e. The maximum atomic E-state index is 5.92. The van der Waals surface area contributed by atoms with E-state index in [9.17, 15) is 0 Å². The van der Waals surface area contributed by atoms with Gasteiger partial charge < -0.3 is 11.1 Å². The fourth-order valence-corrected chi connectivity index (χ4v) is 1.82. The lowest BCUT2D eigenvalue weighted by Gasteiger charge is -2.17. The zero-order valence-corrected chi connectivity index (χ0v) is 11.6. The Balaban J connectivity index is 2.99. The summed E-state index contributed by atoms with van der Waals surface area (Å²) in [5, 5.41) is 3.49. The first-order valence-corrected chi connectivity index (χ1v) is 7.06. The van der Waals surface area contributed by atoms with Crippen LogP contribution in [0.2, 0.25) is 0 Å². The van der Waals surface area contributed by atoms with Crippen LogP contribution < -0.4 is 11.1 Å². The van der Waals surface area contributed by atoms with Crippen LogP contribution in [-0.2, 0) is 0 Å². The van der Waals surface area contributed by atoms with Gasteiger partial charge in [0.05, 0.1) is 0 Å². The Morgan fingerprint density at radius 2 is 1.44 bits per heavy atom. The number of rotatable bonds is 11. The first kappa shape index (κ1) is 15.9. The van der Waals surface area contributed by atoms with Crippen molar-refractivity contribution < 1.29 is 0 Å². The highest BCUT2D eigenvalue weighted by Crippen LogP contribution is 2.06. The van der Waals surface area contributed by atoms with E-state index in [0.717, 1.165) is 13.0 Å². The predicted molar refractivity (Wildman–Crippen MR) is 73.7 cm³/mol. The van der Waals surface area contributed by atoms with E-state index in [2.05, 4.69) is 26.1 Å². The normalized spacial score (nSPS) is 12.0. The second kappa shape index (κ2) is 10.1. The van der Waals surface area contributed by atoms with Crippen molar-refractivity contribution in [1.82, 2.24) is 5.32 Å². The quantitative estimate of drug-likeness (QED) is 0.532. The van der Waals surface area contributed by atoms with E-state index in [4.69, 9.17) is 5.73 Å². The van der Waals surface area contributed by atoms with Crippen LogP contribution in [-0.4, -0.2) is 18.6 Å². The van der Waals surface area contributed by atoms with E-state index in [1.807, 2.05) is 0 Å². The highest BCUT2D eigenvalue weighted by molar-refractivity contribution is 4.71. The second-order valence-electron chi connectivity index (χ2n) is 5.61. The summed E-state index contributed by atoms with van der Waals surface area (Å²) >= 11 is 0. The van der Waals surface area contributed by atoms with Gasteiger partial charge in [-0.15, -0.1) is 0 Å². The molecule has 0 aliphatic heterocycles. The van der Waals surface area contributed by atoms with Crippen molar-refractivity contribution in [2.45, 2.75) is 77.7 Å². The van der Waals surface area contributed by atoms with Crippen LogP contribution in [0.1, 0.15) is 72.1 Å². The molecule has 0 saturated carbocycles. The van der Waals surface area contributed by atoms with Gasteiger partial charge in [0.25, 0.3) is 0 Å². The van der Waals surface area contributed by atoms with Crippen LogP contribution in [0.4, 0.5) is 0 Å². The van der Waals surface area contributed by atoms with E-state index in [1.54, 1.807) is 0 Å². The summed E-state index contributed by atoms with van der Waals surface area (Å²) in [4.78, 5) is 0. The molecule has 0 aliphatic rings. The van der Waals surface area contributed by atoms with E-state index < -0.39 is 0 Å². The molecule has 0 aromatic rings. The lowest BCUT2D eigenvalue weighted by molar-refractivity contribution is 0.446. The van der Waals surface area contributed by atoms with Crippen molar-refractivity contribution in [1.29, 1.82) is 0 Å². The third-order valence-electron chi connectivity index (χ3n) is 2.88. The van der Waals surface area contributed by atoms with Crippen molar-refractivity contribution in [2.24, 2.45) is 5.73 Å². The Morgan fingerprint density at radius 1 is 0.875 bits per heavy atom. The minimum absolute atomic E-state index is 0.00182. The van der Waals surface area contributed by atoms with Gasteiger partial charge in [0.2, 0.25) is 0 Å². The molecule has 0 bridgehead atoms. The topological polar surface area (TPSA) is 38.0 Å². The molecule has 0 radical (unpaired) electrons. The zero-order chi connectivity index (χ0) is 12.3. The molecule has 0 heterocycles. The zero-order valence-electron chi connectivity index (χ0n) is 11.6. The van der Waals surface area contributed by atoms with E-state index in [1.165, 1.54) is 51.5 Å². The molecular weight excluding hydrogens is 196 g/mol. The van der Waals surface area contributed by atoms with Crippen LogP contribution in [0.5, 0.6) is 0 Å². The van der Waals surface area contributed by atoms with Crippen molar-refractivity contribution in [3.8, 4) is 0 Å². The van der Waals surface area contributed by atoms with Gasteiger partial charge in [-0.2, -0.15) is 0 Å². The fourth-order valence-electron chi connectivity index (χ4n) is 1.82. The van der Waals surface area contributed by atoms with Gasteiger partial charge in [-0.05, 0) is 46.2 Å². The molecule has 0 saturated heterocycles. The number of hydrogen-bond acceptors (Lipinski definition) is 2. The summed E-state index contributed by atoms with van der Waals surface area (Å²) < 4.78 is 0. The van der Waals surface area contributed by atoms with Crippen LogP contribution >= 0.6 is 0 Å². The maximum Gasteiger partial charge on any atom is 0.00975 e. The van der Waals surface area contributed by atoms with Gasteiger partial charge >= 0.3 is 0 Å². The highest BCUT2D eigenvalue weighted by Gasteiger charge is 2.08. The summed E-state index contributed by atoms with van der Waals surface area (Å²) in [5.41, 5.74) is 5.92. The molecule has 0 amide bonds. The SMILES string of the molecule is CCCCCCCCNCCCC(C)(C)N. The second-order valence-corrected chi connectivity index (χ2v) is 5.61. The Labute approximate surface area is 102 Å². The molecule has 3 N–H and O–H groups in total. The molecule has 0 aromatic heterocycles. The molecule has 0 spiro atoms. The lowest BCUT2D eigenvalue weighted by Crippen LogP contribution is -2.32. The minimum atomic E-state index is 0.00182. The van der Waals surface area contributed by atoms with Crippen molar-refractivity contribution in [3.63, 3.8) is 0 Å². The molecule has 0 atom stereocenters. The lowest BCUT2D eigenvalue weighted by atomic mass is 10.0. The molecule has 0 aromatic carbocycles. The Kier molecular flexibility index (Phi) is 10.0. The molecule has 0 unspecified atom stereocenters. The first-order valence-electron chi connectivity index (χ1n) is 7.06. The van der Waals surface area contributed by atoms with E-state index in [0.29, 0.717) is 0 Å². The van der Waals surface area contributed by atoms with Crippen LogP contribution in [0.15, 0.2) is 0 Å². The first-order chi connectivity index (χ1) is 7.56. The highest BCUT2D eigenvalue weighted by atomic mass is 14.8. The van der Waals surface area contributed by atoms with Crippen molar-refractivity contribution >= 4 is 0 Å². The summed E-state index contributed by atoms with van der Waals surface area (Å²) in [7, 11) is 0. The standard InChI is InChI=1S/C14H32N2/c1-4-5-6-7-8-9-12-16-13-10-11-14(2,3)15/h16H,4-13,15H2,1-3H3. The van der Waals surface area contributed by atoms with Gasteiger partial charge in [-0.3, -0.25) is 0 Å². The summed E-state index contributed by atoms with van der Waals surface area (Å²) in [6, 6.07) is 0. The average molecular weight is 228 g/mol. The number of nitrogens with two attached hydrogens (primary N) is 1. The van der Waals surface area contributed by atoms with Gasteiger partial charge in [-0.25, -0.2) is 0 Å². The molecule has 2 nitrogen and oxygen atoms in total. The number of nitrogens with one attached hydrogen (secondary N) is 1. The van der Waals surface area contributed by atoms with Gasteiger partial charge in [0.1, 0.15) is 0 Å². The summed E-state index contributed by atoms with van der Waals surface area (Å²) in [6.07, 6.45) is 10.6. The van der Waals surface area contributed by atoms with E-state index >= 15 is 0 Å². The van der Waals surface area contributed by atoms with Crippen LogP contribution in [0.3, 0.4) is 0 Å². The molecular formula is C14H32N2. The van der Waals surface area contributed by atoms with Gasteiger partial charge in [-0.1, -0.05) is 39.0 Å². The summed E-state index contributed by atoms with van der Waals surface area (Å²) in [5.74, 6) is 0. The third-order valence-corrected chi connectivity index (χ3v) is 2.88. The van der Waals surface area contributed by atoms with E-state index in [-0.39, 0.29) is 5.54 Å². The monoisotopic (exact) mass is 228 g/mol. The molecule has 0 fully saturated rings. The van der Waals surface area contributed by atoms with Crippen molar-refractivity contribution in [3.05, 3.63) is 0 Å². The predicted octanol–water partition coefficient (Wildman–Crippen LogP) is 3.45. The average Bonchev–Trinajstić information content (AvgIpc) is 2.19. The minimum Gasteiger partial charge on any atom is -0.326 e. The molecule has 16 heavy (non-hydrogen) atoms. The molecule has 0 aliphatic carbocycles. The Bertz CT molecular complexity index is 138. The fraction of sp³-hybridized carbons (Fsp3) is 1.00. The molecule has 98 valence electrons. The molecule has 2 heteroatoms. The number of unbranched alkanes of at least 4 members (excludes halogenated alkanes) is 5.